The molecular formula is C18H23NO2. The van der Waals surface area contributed by atoms with Gasteiger partial charge < -0.3 is 9.47 Å². The highest BCUT2D eigenvalue weighted by molar-refractivity contribution is 5.40. The maximum absolute atomic E-state index is 6.09. The van der Waals surface area contributed by atoms with E-state index in [2.05, 4.69) is 4.90 Å². The summed E-state index contributed by atoms with van der Waals surface area (Å²) >= 11 is 0. The number of hydrogen-bond acceptors (Lipinski definition) is 3. The Morgan fingerprint density at radius 1 is 1.00 bits per heavy atom. The Labute approximate surface area is 126 Å². The van der Waals surface area contributed by atoms with Gasteiger partial charge in [-0.1, -0.05) is 23.3 Å². The molecule has 2 aliphatic heterocycles. The smallest absolute Gasteiger partial charge is 0.161 e. The van der Waals surface area contributed by atoms with Crippen LogP contribution in [0, 0.1) is 0 Å². The Morgan fingerprint density at radius 2 is 1.81 bits per heavy atom. The summed E-state index contributed by atoms with van der Waals surface area (Å²) in [6.45, 7) is 3.97. The number of rotatable bonds is 2. The number of benzene rings is 1. The van der Waals surface area contributed by atoms with E-state index in [-0.39, 0.29) is 6.10 Å². The van der Waals surface area contributed by atoms with Gasteiger partial charge in [0.2, 0.25) is 0 Å². The maximum Gasteiger partial charge on any atom is 0.161 e. The lowest BCUT2D eigenvalue weighted by atomic mass is 9.87. The summed E-state index contributed by atoms with van der Waals surface area (Å²) in [5.41, 5.74) is 3.47. The van der Waals surface area contributed by atoms with Gasteiger partial charge in [-0.15, -0.1) is 0 Å². The Morgan fingerprint density at radius 3 is 2.71 bits per heavy atom. The van der Waals surface area contributed by atoms with Gasteiger partial charge in [-0.2, -0.15) is 0 Å². The van der Waals surface area contributed by atoms with Crippen LogP contribution in [0.1, 0.15) is 32.1 Å². The van der Waals surface area contributed by atoms with Gasteiger partial charge in [-0.3, -0.25) is 4.90 Å². The van der Waals surface area contributed by atoms with Crippen molar-refractivity contribution in [2.75, 3.05) is 26.2 Å². The quantitative estimate of drug-likeness (QED) is 0.777. The molecule has 0 amide bonds. The average Bonchev–Trinajstić information content (AvgIpc) is 2.55. The van der Waals surface area contributed by atoms with Crippen molar-refractivity contribution in [1.29, 1.82) is 0 Å². The first-order chi connectivity index (χ1) is 10.4. The Balaban J connectivity index is 1.38. The van der Waals surface area contributed by atoms with Crippen LogP contribution in [0.2, 0.25) is 0 Å². The Bertz CT molecular complexity index is 552. The standard InChI is InChI=1S/C18H23NO2/c1-2-6-15-11-19(10-9-14(15)5-1)12-16-13-20-17-7-3-4-8-18(17)21-16/h3-4,7-8,16H,1-2,5-6,9-13H2. The van der Waals surface area contributed by atoms with Crippen LogP contribution in [0.15, 0.2) is 35.4 Å². The molecule has 1 atom stereocenters. The molecule has 0 aromatic heterocycles. The fourth-order valence-corrected chi connectivity index (χ4v) is 3.76. The lowest BCUT2D eigenvalue weighted by Gasteiger charge is -2.36. The molecule has 0 radical (unpaired) electrons. The lowest BCUT2D eigenvalue weighted by molar-refractivity contribution is 0.0594. The maximum atomic E-state index is 6.09. The minimum Gasteiger partial charge on any atom is -0.486 e. The summed E-state index contributed by atoms with van der Waals surface area (Å²) in [7, 11) is 0. The van der Waals surface area contributed by atoms with Crippen molar-refractivity contribution in [3.63, 3.8) is 0 Å². The third kappa shape index (κ3) is 2.80. The highest BCUT2D eigenvalue weighted by Crippen LogP contribution is 2.33. The van der Waals surface area contributed by atoms with Crippen molar-refractivity contribution in [1.82, 2.24) is 4.90 Å². The first-order valence-electron chi connectivity index (χ1n) is 8.19. The van der Waals surface area contributed by atoms with E-state index in [0.29, 0.717) is 6.61 Å². The van der Waals surface area contributed by atoms with E-state index < -0.39 is 0 Å². The molecule has 3 nitrogen and oxygen atoms in total. The van der Waals surface area contributed by atoms with Gasteiger partial charge in [0, 0.05) is 19.6 Å². The molecule has 1 aliphatic carbocycles. The number of hydrogen-bond donors (Lipinski definition) is 0. The number of nitrogens with zero attached hydrogens (tertiary/aromatic N) is 1. The van der Waals surface area contributed by atoms with E-state index in [1.165, 1.54) is 38.6 Å². The summed E-state index contributed by atoms with van der Waals surface area (Å²) in [5, 5.41) is 0. The molecule has 0 saturated carbocycles. The summed E-state index contributed by atoms with van der Waals surface area (Å²) < 4.78 is 11.9. The van der Waals surface area contributed by atoms with Crippen molar-refractivity contribution >= 4 is 0 Å². The van der Waals surface area contributed by atoms with Gasteiger partial charge in [-0.05, 0) is 44.2 Å². The van der Waals surface area contributed by atoms with Crippen molar-refractivity contribution in [2.45, 2.75) is 38.2 Å². The molecule has 0 fully saturated rings. The molecule has 1 aromatic carbocycles. The zero-order chi connectivity index (χ0) is 14.1. The molecule has 112 valence electrons. The largest absolute Gasteiger partial charge is 0.486 e. The van der Waals surface area contributed by atoms with Gasteiger partial charge in [0.1, 0.15) is 12.7 Å². The first-order valence-corrected chi connectivity index (χ1v) is 8.19. The van der Waals surface area contributed by atoms with Crippen LogP contribution >= 0.6 is 0 Å². The first kappa shape index (κ1) is 13.2. The number of ether oxygens (including phenoxy) is 2. The van der Waals surface area contributed by atoms with Crippen LogP contribution in [-0.4, -0.2) is 37.2 Å². The van der Waals surface area contributed by atoms with E-state index in [0.717, 1.165) is 24.6 Å². The molecule has 2 heterocycles. The van der Waals surface area contributed by atoms with Crippen LogP contribution in [-0.2, 0) is 0 Å². The van der Waals surface area contributed by atoms with E-state index in [9.17, 15) is 0 Å². The van der Waals surface area contributed by atoms with Crippen LogP contribution < -0.4 is 9.47 Å². The molecule has 0 bridgehead atoms. The molecule has 3 heteroatoms. The second-order valence-electron chi connectivity index (χ2n) is 6.40. The van der Waals surface area contributed by atoms with Crippen LogP contribution in [0.3, 0.4) is 0 Å². The van der Waals surface area contributed by atoms with Crippen LogP contribution in [0.4, 0.5) is 0 Å². The summed E-state index contributed by atoms with van der Waals surface area (Å²) in [6.07, 6.45) is 6.86. The Hall–Kier alpha value is -1.48. The van der Waals surface area contributed by atoms with Gasteiger partial charge in [0.25, 0.3) is 0 Å². The van der Waals surface area contributed by atoms with Gasteiger partial charge in [0.15, 0.2) is 11.5 Å². The molecule has 3 aliphatic rings. The van der Waals surface area contributed by atoms with E-state index in [1.807, 2.05) is 24.3 Å². The van der Waals surface area contributed by atoms with Crippen molar-refractivity contribution < 1.29 is 9.47 Å². The third-order valence-electron chi connectivity index (χ3n) is 4.88. The van der Waals surface area contributed by atoms with Gasteiger partial charge in [0.05, 0.1) is 0 Å². The summed E-state index contributed by atoms with van der Waals surface area (Å²) in [6, 6.07) is 7.97. The van der Waals surface area contributed by atoms with Crippen molar-refractivity contribution in [3.05, 3.63) is 35.4 Å². The monoisotopic (exact) mass is 285 g/mol. The van der Waals surface area contributed by atoms with E-state index in [1.54, 1.807) is 11.1 Å². The highest BCUT2D eigenvalue weighted by Gasteiger charge is 2.26. The summed E-state index contributed by atoms with van der Waals surface area (Å²) in [4.78, 5) is 2.55. The number of para-hydroxylation sites is 2. The second-order valence-corrected chi connectivity index (χ2v) is 6.40. The Kier molecular flexibility index (Phi) is 3.60. The van der Waals surface area contributed by atoms with E-state index in [4.69, 9.17) is 9.47 Å². The van der Waals surface area contributed by atoms with Gasteiger partial charge >= 0.3 is 0 Å². The molecular weight excluding hydrogens is 262 g/mol. The van der Waals surface area contributed by atoms with E-state index >= 15 is 0 Å². The number of fused-ring (bicyclic) bond motifs is 1. The van der Waals surface area contributed by atoms with Crippen LogP contribution in [0.5, 0.6) is 11.5 Å². The molecule has 0 saturated heterocycles. The molecule has 4 rings (SSSR count). The second kappa shape index (κ2) is 5.72. The topological polar surface area (TPSA) is 21.7 Å². The molecule has 0 N–H and O–H groups in total. The molecule has 0 spiro atoms. The van der Waals surface area contributed by atoms with Gasteiger partial charge in [-0.25, -0.2) is 0 Å². The zero-order valence-electron chi connectivity index (χ0n) is 12.5. The summed E-state index contributed by atoms with van der Waals surface area (Å²) in [5.74, 6) is 1.77. The fourth-order valence-electron chi connectivity index (χ4n) is 3.76. The minimum atomic E-state index is 0.158. The molecule has 21 heavy (non-hydrogen) atoms. The lowest BCUT2D eigenvalue weighted by Crippen LogP contribution is -2.43. The van der Waals surface area contributed by atoms with Crippen molar-refractivity contribution in [3.8, 4) is 11.5 Å². The molecule has 1 unspecified atom stereocenters. The SMILES string of the molecule is c1ccc2c(c1)OCC(CN1CCC3=C(CCCC3)C1)O2. The zero-order valence-corrected chi connectivity index (χ0v) is 12.5. The average molecular weight is 285 g/mol. The van der Waals surface area contributed by atoms with Crippen molar-refractivity contribution in [2.24, 2.45) is 0 Å². The highest BCUT2D eigenvalue weighted by atomic mass is 16.6. The predicted octanol–water partition coefficient (Wildman–Crippen LogP) is 3.40. The predicted molar refractivity (Wildman–Crippen MR) is 82.9 cm³/mol. The minimum absolute atomic E-state index is 0.158. The molecule has 1 aromatic rings. The van der Waals surface area contributed by atoms with Crippen LogP contribution in [0.25, 0.3) is 0 Å². The third-order valence-corrected chi connectivity index (χ3v) is 4.88. The normalized spacial score (nSPS) is 25.6. The fraction of sp³-hybridized carbons (Fsp3) is 0.556.